The second-order valence-electron chi connectivity index (χ2n) is 8.27. The minimum atomic E-state index is -3.93. The lowest BCUT2D eigenvalue weighted by atomic mass is 10.1. The fourth-order valence-corrected chi connectivity index (χ4v) is 5.02. The third kappa shape index (κ3) is 4.94. The Morgan fingerprint density at radius 1 is 1.11 bits per heavy atom. The van der Waals surface area contributed by atoms with E-state index in [4.69, 9.17) is 19.8 Å². The lowest BCUT2D eigenvalue weighted by Gasteiger charge is -2.21. The number of guanidine groups is 1. The van der Waals surface area contributed by atoms with Gasteiger partial charge in [0.1, 0.15) is 16.7 Å². The van der Waals surface area contributed by atoms with Gasteiger partial charge in [0.25, 0.3) is 0 Å². The summed E-state index contributed by atoms with van der Waals surface area (Å²) in [5.74, 6) is 1.10. The highest BCUT2D eigenvalue weighted by molar-refractivity contribution is 7.87. The summed E-state index contributed by atoms with van der Waals surface area (Å²) in [5, 5.41) is 13.5. The SMILES string of the molecule is Cc1ccc(S(=O)(=O)Oc2ccc3cc(-c4noc([C@@H]5CCCN5C(=N)N)n4)ccc3c2)cc1.Cl. The predicted octanol–water partition coefficient (Wildman–Crippen LogP) is 4.42. The normalized spacial score (nSPS) is 15.7. The van der Waals surface area contributed by atoms with Crippen molar-refractivity contribution >= 4 is 39.3 Å². The summed E-state index contributed by atoms with van der Waals surface area (Å²) in [6, 6.07) is 17.0. The van der Waals surface area contributed by atoms with E-state index in [1.54, 1.807) is 35.2 Å². The maximum atomic E-state index is 12.6. The molecule has 5 rings (SSSR count). The standard InChI is InChI=1S/C24H23N5O4S.ClH/c1-15-4-10-20(11-5-15)34(30,31)33-19-9-8-16-13-18(7-6-17(16)14-19)22-27-23(32-28-22)21-3-2-12-29(21)24(25)26;/h4-11,13-14,21H,2-3,12H2,1H3,(H3,25,26);1H/t21-;/m0./s1. The molecule has 0 unspecified atom stereocenters. The van der Waals surface area contributed by atoms with Crippen LogP contribution in [-0.2, 0) is 10.1 Å². The number of aryl methyl sites for hydroxylation is 1. The van der Waals surface area contributed by atoms with Crippen molar-refractivity contribution in [3.63, 3.8) is 0 Å². The van der Waals surface area contributed by atoms with E-state index in [0.717, 1.165) is 34.7 Å². The Kier molecular flexibility index (Phi) is 6.68. The molecule has 0 bridgehead atoms. The molecule has 1 aliphatic rings. The smallest absolute Gasteiger partial charge is 0.339 e. The number of fused-ring (bicyclic) bond motifs is 1. The van der Waals surface area contributed by atoms with Gasteiger partial charge in [-0.05, 0) is 60.9 Å². The highest BCUT2D eigenvalue weighted by Crippen LogP contribution is 2.32. The Labute approximate surface area is 208 Å². The summed E-state index contributed by atoms with van der Waals surface area (Å²) in [5.41, 5.74) is 7.39. The van der Waals surface area contributed by atoms with Gasteiger partial charge in [-0.25, -0.2) is 0 Å². The van der Waals surface area contributed by atoms with Gasteiger partial charge in [0.15, 0.2) is 5.96 Å². The van der Waals surface area contributed by atoms with Crippen molar-refractivity contribution in [1.29, 1.82) is 5.41 Å². The molecule has 182 valence electrons. The first-order valence-electron chi connectivity index (χ1n) is 10.8. The Morgan fingerprint density at radius 3 is 2.57 bits per heavy atom. The van der Waals surface area contributed by atoms with Crippen LogP contribution in [0, 0.1) is 12.3 Å². The topological polar surface area (TPSA) is 135 Å². The zero-order valence-electron chi connectivity index (χ0n) is 18.8. The van der Waals surface area contributed by atoms with Crippen LogP contribution in [0.4, 0.5) is 0 Å². The molecule has 2 heterocycles. The molecule has 0 aliphatic carbocycles. The Hall–Kier alpha value is -3.63. The van der Waals surface area contributed by atoms with Gasteiger partial charge in [0.05, 0.1) is 0 Å². The van der Waals surface area contributed by atoms with Crippen LogP contribution in [0.25, 0.3) is 22.2 Å². The first-order valence-corrected chi connectivity index (χ1v) is 12.2. The lowest BCUT2D eigenvalue weighted by molar-refractivity contribution is 0.283. The van der Waals surface area contributed by atoms with Gasteiger partial charge in [-0.15, -0.1) is 12.4 Å². The van der Waals surface area contributed by atoms with E-state index >= 15 is 0 Å². The first kappa shape index (κ1) is 24.5. The van der Waals surface area contributed by atoms with Gasteiger partial charge < -0.3 is 19.3 Å². The summed E-state index contributed by atoms with van der Waals surface area (Å²) in [6.45, 7) is 2.58. The van der Waals surface area contributed by atoms with Gasteiger partial charge in [-0.2, -0.15) is 13.4 Å². The monoisotopic (exact) mass is 513 g/mol. The van der Waals surface area contributed by atoms with Crippen LogP contribution in [0.3, 0.4) is 0 Å². The first-order chi connectivity index (χ1) is 16.3. The van der Waals surface area contributed by atoms with Crippen molar-refractivity contribution in [1.82, 2.24) is 15.0 Å². The van der Waals surface area contributed by atoms with Crippen LogP contribution in [0.15, 0.2) is 70.1 Å². The second-order valence-corrected chi connectivity index (χ2v) is 9.81. The van der Waals surface area contributed by atoms with Crippen LogP contribution in [-0.4, -0.2) is 36.0 Å². The third-order valence-electron chi connectivity index (χ3n) is 5.87. The van der Waals surface area contributed by atoms with Crippen molar-refractivity contribution in [3.05, 3.63) is 72.1 Å². The molecule has 1 aromatic heterocycles. The third-order valence-corrected chi connectivity index (χ3v) is 7.14. The number of benzene rings is 3. The van der Waals surface area contributed by atoms with Crippen LogP contribution in [0.1, 0.15) is 30.3 Å². The maximum absolute atomic E-state index is 12.6. The summed E-state index contributed by atoms with van der Waals surface area (Å²) in [6.07, 6.45) is 1.70. The molecule has 0 amide bonds. The van der Waals surface area contributed by atoms with E-state index < -0.39 is 10.1 Å². The lowest BCUT2D eigenvalue weighted by Crippen LogP contribution is -2.35. The Bertz CT molecular complexity index is 1490. The number of hydrogen-bond donors (Lipinski definition) is 2. The zero-order valence-corrected chi connectivity index (χ0v) is 20.5. The molecule has 3 N–H and O–H groups in total. The molecule has 11 heteroatoms. The fourth-order valence-electron chi connectivity index (χ4n) is 4.09. The van der Waals surface area contributed by atoms with Crippen molar-refractivity contribution < 1.29 is 17.1 Å². The van der Waals surface area contributed by atoms with Gasteiger partial charge in [0, 0.05) is 12.1 Å². The number of hydrogen-bond acceptors (Lipinski definition) is 7. The quantitative estimate of drug-likeness (QED) is 0.227. The van der Waals surface area contributed by atoms with E-state index in [9.17, 15) is 8.42 Å². The number of rotatable bonds is 5. The number of nitrogens with two attached hydrogens (primary N) is 1. The average Bonchev–Trinajstić information content (AvgIpc) is 3.48. The highest BCUT2D eigenvalue weighted by atomic mass is 35.5. The van der Waals surface area contributed by atoms with E-state index in [-0.39, 0.29) is 35.1 Å². The molecule has 9 nitrogen and oxygen atoms in total. The van der Waals surface area contributed by atoms with Crippen LogP contribution in [0.2, 0.25) is 0 Å². The van der Waals surface area contributed by atoms with Crippen LogP contribution < -0.4 is 9.92 Å². The van der Waals surface area contributed by atoms with Gasteiger partial charge in [0.2, 0.25) is 11.7 Å². The van der Waals surface area contributed by atoms with Crippen molar-refractivity contribution in [3.8, 4) is 17.1 Å². The summed E-state index contributed by atoms with van der Waals surface area (Å²) >= 11 is 0. The van der Waals surface area contributed by atoms with E-state index in [2.05, 4.69) is 10.1 Å². The summed E-state index contributed by atoms with van der Waals surface area (Å²) in [4.78, 5) is 6.39. The van der Waals surface area contributed by atoms with Crippen LogP contribution >= 0.6 is 12.4 Å². The van der Waals surface area contributed by atoms with Crippen molar-refractivity contribution in [2.24, 2.45) is 5.73 Å². The number of nitrogens with zero attached hydrogens (tertiary/aromatic N) is 3. The minimum absolute atomic E-state index is 0. The molecule has 0 spiro atoms. The summed E-state index contributed by atoms with van der Waals surface area (Å²) in [7, 11) is -3.93. The predicted molar refractivity (Wildman–Crippen MR) is 134 cm³/mol. The van der Waals surface area contributed by atoms with Crippen LogP contribution in [0.5, 0.6) is 5.75 Å². The second kappa shape index (κ2) is 9.55. The minimum Gasteiger partial charge on any atom is -0.379 e. The molecule has 0 saturated carbocycles. The molecule has 1 fully saturated rings. The molecule has 0 radical (unpaired) electrons. The Morgan fingerprint density at radius 2 is 1.83 bits per heavy atom. The van der Waals surface area contributed by atoms with Gasteiger partial charge in [-0.1, -0.05) is 41.1 Å². The number of nitrogens with one attached hydrogen (secondary N) is 1. The van der Waals surface area contributed by atoms with Crippen molar-refractivity contribution in [2.75, 3.05) is 6.54 Å². The summed E-state index contributed by atoms with van der Waals surface area (Å²) < 4.78 is 36.0. The largest absolute Gasteiger partial charge is 0.379 e. The number of likely N-dealkylation sites (tertiary alicyclic amines) is 1. The Balaban J connectivity index is 0.00000289. The molecule has 35 heavy (non-hydrogen) atoms. The van der Waals surface area contributed by atoms with Gasteiger partial charge in [-0.3, -0.25) is 5.41 Å². The fraction of sp³-hybridized carbons (Fsp3) is 0.208. The molecular weight excluding hydrogens is 490 g/mol. The number of halogens is 1. The molecular formula is C24H24ClN5O4S. The van der Waals surface area contributed by atoms with E-state index in [1.807, 2.05) is 25.1 Å². The van der Waals surface area contributed by atoms with Crippen molar-refractivity contribution in [2.45, 2.75) is 30.7 Å². The van der Waals surface area contributed by atoms with Gasteiger partial charge >= 0.3 is 10.1 Å². The molecule has 1 aliphatic heterocycles. The average molecular weight is 514 g/mol. The maximum Gasteiger partial charge on any atom is 0.339 e. The van der Waals surface area contributed by atoms with E-state index in [1.165, 1.54) is 12.1 Å². The molecule has 1 saturated heterocycles. The number of aromatic nitrogens is 2. The zero-order chi connectivity index (χ0) is 23.9. The molecule has 1 atom stereocenters. The molecule has 4 aromatic rings. The highest BCUT2D eigenvalue weighted by Gasteiger charge is 2.31. The molecule has 3 aromatic carbocycles. The van der Waals surface area contributed by atoms with E-state index in [0.29, 0.717) is 18.3 Å².